The van der Waals surface area contributed by atoms with Crippen molar-refractivity contribution in [2.75, 3.05) is 6.61 Å². The minimum absolute atomic E-state index is 0.0540. The molecule has 0 saturated heterocycles. The van der Waals surface area contributed by atoms with Gasteiger partial charge in [0.2, 0.25) is 0 Å². The molecule has 0 radical (unpaired) electrons. The third kappa shape index (κ3) is 4.32. The Labute approximate surface area is 139 Å². The topological polar surface area (TPSA) is 26.3 Å². The number of halogens is 6. The number of hydrogen-bond donors (Lipinski definition) is 0. The van der Waals surface area contributed by atoms with Crippen molar-refractivity contribution in [3.63, 3.8) is 0 Å². The molecule has 0 spiro atoms. The first-order valence-corrected chi connectivity index (χ1v) is 7.10. The van der Waals surface area contributed by atoms with E-state index in [1.165, 1.54) is 6.92 Å². The highest BCUT2D eigenvalue weighted by Gasteiger charge is 2.33. The lowest BCUT2D eigenvalue weighted by Gasteiger charge is -2.14. The van der Waals surface area contributed by atoms with E-state index < -0.39 is 29.4 Å². The van der Waals surface area contributed by atoms with Crippen molar-refractivity contribution in [1.29, 1.82) is 0 Å². The van der Waals surface area contributed by atoms with E-state index in [0.717, 1.165) is 36.4 Å². The lowest BCUT2D eigenvalue weighted by molar-refractivity contribution is -0.138. The molecule has 2 aromatic rings. The molecular weight excluding hydrogens is 350 g/mol. The SMILES string of the molecule is CCOC(=O)c1cc(C(F)(F)F)ccc1-c1ccc(C(F)(F)F)cc1. The Bertz CT molecular complexity index is 760. The predicted molar refractivity (Wildman–Crippen MR) is 77.8 cm³/mol. The summed E-state index contributed by atoms with van der Waals surface area (Å²) in [6.07, 6.45) is -9.21. The van der Waals surface area contributed by atoms with Crippen LogP contribution in [0.25, 0.3) is 11.1 Å². The molecule has 0 fully saturated rings. The minimum atomic E-state index is -4.67. The molecule has 0 aliphatic rings. The number of carbonyl (C=O) groups is 1. The van der Waals surface area contributed by atoms with E-state index in [-0.39, 0.29) is 23.3 Å². The van der Waals surface area contributed by atoms with Crippen LogP contribution in [-0.2, 0) is 17.1 Å². The molecule has 0 amide bonds. The zero-order chi connectivity index (χ0) is 18.8. The van der Waals surface area contributed by atoms with Gasteiger partial charge in [-0.05, 0) is 42.3 Å². The summed E-state index contributed by atoms with van der Waals surface area (Å²) in [6, 6.07) is 6.20. The van der Waals surface area contributed by atoms with Crippen LogP contribution in [0.4, 0.5) is 26.3 Å². The van der Waals surface area contributed by atoms with Gasteiger partial charge in [0.1, 0.15) is 0 Å². The summed E-state index contributed by atoms with van der Waals surface area (Å²) in [7, 11) is 0. The van der Waals surface area contributed by atoms with Gasteiger partial charge >= 0.3 is 18.3 Å². The zero-order valence-corrected chi connectivity index (χ0v) is 12.8. The molecule has 0 saturated carbocycles. The zero-order valence-electron chi connectivity index (χ0n) is 12.8. The third-order valence-electron chi connectivity index (χ3n) is 3.37. The van der Waals surface area contributed by atoms with Crippen molar-refractivity contribution in [3.8, 4) is 11.1 Å². The molecule has 2 rings (SSSR count). The predicted octanol–water partition coefficient (Wildman–Crippen LogP) is 5.57. The normalized spacial score (nSPS) is 12.1. The van der Waals surface area contributed by atoms with Crippen LogP contribution in [-0.4, -0.2) is 12.6 Å². The molecular formula is C17H12F6O2. The first-order chi connectivity index (χ1) is 11.5. The molecule has 0 unspecified atom stereocenters. The van der Waals surface area contributed by atoms with Gasteiger partial charge in [-0.3, -0.25) is 0 Å². The number of ether oxygens (including phenoxy) is 1. The molecule has 2 aromatic carbocycles. The summed E-state index contributed by atoms with van der Waals surface area (Å²) in [6.45, 7) is 1.44. The van der Waals surface area contributed by atoms with Gasteiger partial charge in [-0.15, -0.1) is 0 Å². The Morgan fingerprint density at radius 3 is 1.88 bits per heavy atom. The Hall–Kier alpha value is -2.51. The second kappa shape index (κ2) is 6.78. The largest absolute Gasteiger partial charge is 0.462 e. The Kier molecular flexibility index (Phi) is 5.10. The van der Waals surface area contributed by atoms with Gasteiger partial charge in [0.15, 0.2) is 0 Å². The molecule has 2 nitrogen and oxygen atoms in total. The molecule has 0 heterocycles. The van der Waals surface area contributed by atoms with E-state index in [1.54, 1.807) is 0 Å². The van der Waals surface area contributed by atoms with Crippen molar-refractivity contribution in [3.05, 3.63) is 59.2 Å². The average Bonchev–Trinajstić information content (AvgIpc) is 2.53. The molecule has 0 aliphatic heterocycles. The smallest absolute Gasteiger partial charge is 0.416 e. The first kappa shape index (κ1) is 18.8. The van der Waals surface area contributed by atoms with Gasteiger partial charge in [0.05, 0.1) is 23.3 Å². The van der Waals surface area contributed by atoms with Crippen LogP contribution in [0.2, 0.25) is 0 Å². The fraction of sp³-hybridized carbons (Fsp3) is 0.235. The highest BCUT2D eigenvalue weighted by Crippen LogP contribution is 2.35. The van der Waals surface area contributed by atoms with E-state index in [1.807, 2.05) is 0 Å². The van der Waals surface area contributed by atoms with Crippen molar-refractivity contribution >= 4 is 5.97 Å². The monoisotopic (exact) mass is 362 g/mol. The fourth-order valence-corrected chi connectivity index (χ4v) is 2.19. The molecule has 8 heteroatoms. The summed E-state index contributed by atoms with van der Waals surface area (Å²) in [5.41, 5.74) is -2.09. The number of benzene rings is 2. The fourth-order valence-electron chi connectivity index (χ4n) is 2.19. The van der Waals surface area contributed by atoms with Gasteiger partial charge < -0.3 is 4.74 Å². The van der Waals surface area contributed by atoms with E-state index in [9.17, 15) is 31.1 Å². The number of hydrogen-bond acceptors (Lipinski definition) is 2. The van der Waals surface area contributed by atoms with Gasteiger partial charge in [0.25, 0.3) is 0 Å². The van der Waals surface area contributed by atoms with Gasteiger partial charge in [-0.2, -0.15) is 26.3 Å². The molecule has 0 atom stereocenters. The highest BCUT2D eigenvalue weighted by molar-refractivity contribution is 5.97. The third-order valence-corrected chi connectivity index (χ3v) is 3.37. The number of rotatable bonds is 3. The van der Waals surface area contributed by atoms with Gasteiger partial charge in [-0.1, -0.05) is 18.2 Å². The second-order valence-electron chi connectivity index (χ2n) is 5.05. The summed E-state index contributed by atoms with van der Waals surface area (Å²) in [5.74, 6) is -0.983. The summed E-state index contributed by atoms with van der Waals surface area (Å²) in [5, 5.41) is 0. The molecule has 25 heavy (non-hydrogen) atoms. The van der Waals surface area contributed by atoms with E-state index in [4.69, 9.17) is 4.74 Å². The standard InChI is InChI=1S/C17H12F6O2/c1-2-25-15(24)14-9-12(17(21,22)23)7-8-13(14)10-3-5-11(6-4-10)16(18,19)20/h3-9H,2H2,1H3. The van der Waals surface area contributed by atoms with Crippen LogP contribution < -0.4 is 0 Å². The van der Waals surface area contributed by atoms with Crippen LogP contribution in [0.1, 0.15) is 28.4 Å². The van der Waals surface area contributed by atoms with Crippen LogP contribution in [0.5, 0.6) is 0 Å². The molecule has 0 bridgehead atoms. The number of alkyl halides is 6. The highest BCUT2D eigenvalue weighted by atomic mass is 19.4. The summed E-state index contributed by atoms with van der Waals surface area (Å²) in [4.78, 5) is 12.0. The van der Waals surface area contributed by atoms with Crippen molar-refractivity contribution in [2.24, 2.45) is 0 Å². The van der Waals surface area contributed by atoms with Gasteiger partial charge in [0, 0.05) is 0 Å². The van der Waals surface area contributed by atoms with Crippen LogP contribution in [0.15, 0.2) is 42.5 Å². The lowest BCUT2D eigenvalue weighted by atomic mass is 9.96. The lowest BCUT2D eigenvalue weighted by Crippen LogP contribution is -2.11. The summed E-state index contributed by atoms with van der Waals surface area (Å²) >= 11 is 0. The van der Waals surface area contributed by atoms with Crippen molar-refractivity contribution in [1.82, 2.24) is 0 Å². The quantitative estimate of drug-likeness (QED) is 0.527. The van der Waals surface area contributed by atoms with Crippen LogP contribution in [0.3, 0.4) is 0 Å². The second-order valence-corrected chi connectivity index (χ2v) is 5.05. The minimum Gasteiger partial charge on any atom is -0.462 e. The van der Waals surface area contributed by atoms with Crippen molar-refractivity contribution in [2.45, 2.75) is 19.3 Å². The molecule has 0 N–H and O–H groups in total. The Balaban J connectivity index is 2.54. The van der Waals surface area contributed by atoms with Crippen molar-refractivity contribution < 1.29 is 35.9 Å². The maximum Gasteiger partial charge on any atom is 0.416 e. The van der Waals surface area contributed by atoms with Crippen LogP contribution in [0, 0.1) is 0 Å². The molecule has 0 aliphatic carbocycles. The van der Waals surface area contributed by atoms with E-state index in [2.05, 4.69) is 0 Å². The average molecular weight is 362 g/mol. The van der Waals surface area contributed by atoms with E-state index >= 15 is 0 Å². The molecule has 134 valence electrons. The molecule has 0 aromatic heterocycles. The van der Waals surface area contributed by atoms with E-state index in [0.29, 0.717) is 6.07 Å². The number of esters is 1. The number of carbonyl (C=O) groups excluding carboxylic acids is 1. The van der Waals surface area contributed by atoms with Gasteiger partial charge in [-0.25, -0.2) is 4.79 Å². The maximum absolute atomic E-state index is 12.9. The van der Waals surface area contributed by atoms with Crippen LogP contribution >= 0.6 is 0 Å². The Morgan fingerprint density at radius 2 is 1.40 bits per heavy atom. The first-order valence-electron chi connectivity index (χ1n) is 7.10. The Morgan fingerprint density at radius 1 is 0.880 bits per heavy atom. The maximum atomic E-state index is 12.9. The summed E-state index contributed by atoms with van der Waals surface area (Å²) < 4.78 is 81.2.